The quantitative estimate of drug-likeness (QED) is 0.765. The van der Waals surface area contributed by atoms with E-state index in [4.69, 9.17) is 0 Å². The van der Waals surface area contributed by atoms with Gasteiger partial charge in [0.05, 0.1) is 6.54 Å². The summed E-state index contributed by atoms with van der Waals surface area (Å²) in [5.41, 5.74) is 4.25. The highest BCUT2D eigenvalue weighted by Gasteiger charge is 2.11. The zero-order chi connectivity index (χ0) is 11.4. The molecule has 1 aromatic rings. The second-order valence-electron chi connectivity index (χ2n) is 3.98. The standard InChI is InChI=1S/C13H19NO/c1-5-14-8-12(15)13-10(3)6-9(2)7-11(13)4/h6-7,14H,5,8H2,1-4H3. The molecule has 0 aliphatic carbocycles. The van der Waals surface area contributed by atoms with Gasteiger partial charge in [-0.1, -0.05) is 24.6 Å². The molecule has 0 saturated heterocycles. The van der Waals surface area contributed by atoms with Crippen LogP contribution in [0.1, 0.15) is 34.0 Å². The van der Waals surface area contributed by atoms with Crippen LogP contribution in [0.2, 0.25) is 0 Å². The van der Waals surface area contributed by atoms with Crippen LogP contribution < -0.4 is 5.32 Å². The van der Waals surface area contributed by atoms with Gasteiger partial charge in [-0.25, -0.2) is 0 Å². The molecule has 82 valence electrons. The summed E-state index contributed by atoms with van der Waals surface area (Å²) in [5, 5.41) is 3.07. The van der Waals surface area contributed by atoms with Crippen molar-refractivity contribution in [3.05, 3.63) is 34.4 Å². The number of Topliss-reactive ketones (excluding diaryl/α,β-unsaturated/α-hetero) is 1. The summed E-state index contributed by atoms with van der Waals surface area (Å²) in [6.45, 7) is 9.32. The highest BCUT2D eigenvalue weighted by atomic mass is 16.1. The zero-order valence-corrected chi connectivity index (χ0v) is 9.98. The number of hydrogen-bond donors (Lipinski definition) is 1. The number of carbonyl (C=O) groups is 1. The average molecular weight is 205 g/mol. The molecule has 1 aromatic carbocycles. The van der Waals surface area contributed by atoms with E-state index in [1.165, 1.54) is 5.56 Å². The summed E-state index contributed by atoms with van der Waals surface area (Å²) in [6, 6.07) is 4.12. The van der Waals surface area contributed by atoms with Crippen LogP contribution in [0.5, 0.6) is 0 Å². The first-order valence-corrected chi connectivity index (χ1v) is 5.38. The SMILES string of the molecule is CCNCC(=O)c1c(C)cc(C)cc1C. The molecule has 0 spiro atoms. The van der Waals surface area contributed by atoms with Crippen molar-refractivity contribution < 1.29 is 4.79 Å². The molecule has 0 atom stereocenters. The number of aryl methyl sites for hydroxylation is 3. The maximum atomic E-state index is 11.9. The maximum Gasteiger partial charge on any atom is 0.177 e. The summed E-state index contributed by atoms with van der Waals surface area (Å²) in [5.74, 6) is 0.187. The van der Waals surface area contributed by atoms with Crippen molar-refractivity contribution in [3.8, 4) is 0 Å². The summed E-state index contributed by atoms with van der Waals surface area (Å²) < 4.78 is 0. The number of ketones is 1. The molecule has 0 bridgehead atoms. The van der Waals surface area contributed by atoms with Crippen molar-refractivity contribution in [2.24, 2.45) is 0 Å². The van der Waals surface area contributed by atoms with Crippen molar-refractivity contribution >= 4 is 5.78 Å². The Morgan fingerprint density at radius 1 is 1.20 bits per heavy atom. The molecule has 1 N–H and O–H groups in total. The van der Waals surface area contributed by atoms with E-state index in [2.05, 4.69) is 24.4 Å². The van der Waals surface area contributed by atoms with Gasteiger partial charge in [0.25, 0.3) is 0 Å². The fourth-order valence-corrected chi connectivity index (χ4v) is 1.95. The highest BCUT2D eigenvalue weighted by molar-refractivity contribution is 6.00. The monoisotopic (exact) mass is 205 g/mol. The molecule has 15 heavy (non-hydrogen) atoms. The zero-order valence-electron chi connectivity index (χ0n) is 9.98. The minimum Gasteiger partial charge on any atom is -0.310 e. The van der Waals surface area contributed by atoms with E-state index in [-0.39, 0.29) is 5.78 Å². The number of rotatable bonds is 4. The molecule has 2 heteroatoms. The van der Waals surface area contributed by atoms with Gasteiger partial charge < -0.3 is 5.32 Å². The predicted molar refractivity (Wildman–Crippen MR) is 63.5 cm³/mol. The Morgan fingerprint density at radius 2 is 1.73 bits per heavy atom. The van der Waals surface area contributed by atoms with Crippen LogP contribution in [0.15, 0.2) is 12.1 Å². The molecule has 0 amide bonds. The van der Waals surface area contributed by atoms with Gasteiger partial charge in [0.1, 0.15) is 0 Å². The van der Waals surface area contributed by atoms with Gasteiger partial charge in [-0.3, -0.25) is 4.79 Å². The summed E-state index contributed by atoms with van der Waals surface area (Å²) in [6.07, 6.45) is 0. The lowest BCUT2D eigenvalue weighted by atomic mass is 9.96. The van der Waals surface area contributed by atoms with E-state index in [0.717, 1.165) is 23.2 Å². The number of carbonyl (C=O) groups excluding carboxylic acids is 1. The maximum absolute atomic E-state index is 11.9. The van der Waals surface area contributed by atoms with Crippen LogP contribution in [0.3, 0.4) is 0 Å². The van der Waals surface area contributed by atoms with Crippen LogP contribution in [0.4, 0.5) is 0 Å². The van der Waals surface area contributed by atoms with Crippen molar-refractivity contribution in [2.45, 2.75) is 27.7 Å². The predicted octanol–water partition coefficient (Wildman–Crippen LogP) is 2.40. The number of nitrogens with one attached hydrogen (secondary N) is 1. The van der Waals surface area contributed by atoms with Gasteiger partial charge in [-0.15, -0.1) is 0 Å². The second-order valence-corrected chi connectivity index (χ2v) is 3.98. The Balaban J connectivity index is 2.98. The smallest absolute Gasteiger partial charge is 0.177 e. The fourth-order valence-electron chi connectivity index (χ4n) is 1.95. The van der Waals surface area contributed by atoms with Crippen molar-refractivity contribution in [3.63, 3.8) is 0 Å². The molecule has 0 unspecified atom stereocenters. The summed E-state index contributed by atoms with van der Waals surface area (Å²) in [7, 11) is 0. The first-order valence-electron chi connectivity index (χ1n) is 5.38. The van der Waals surface area contributed by atoms with Gasteiger partial charge in [0.2, 0.25) is 0 Å². The van der Waals surface area contributed by atoms with Gasteiger partial charge in [-0.2, -0.15) is 0 Å². The molecule has 1 rings (SSSR count). The lowest BCUT2D eigenvalue weighted by Gasteiger charge is -2.10. The van der Waals surface area contributed by atoms with E-state index in [1.54, 1.807) is 0 Å². The average Bonchev–Trinajstić information content (AvgIpc) is 2.12. The Morgan fingerprint density at radius 3 is 2.20 bits per heavy atom. The number of hydrogen-bond acceptors (Lipinski definition) is 2. The minimum absolute atomic E-state index is 0.187. The fraction of sp³-hybridized carbons (Fsp3) is 0.462. The number of likely N-dealkylation sites (N-methyl/N-ethyl adjacent to an activating group) is 1. The minimum atomic E-state index is 0.187. The normalized spacial score (nSPS) is 10.4. The molecule has 0 heterocycles. The van der Waals surface area contributed by atoms with Crippen LogP contribution >= 0.6 is 0 Å². The topological polar surface area (TPSA) is 29.1 Å². The number of benzene rings is 1. The first kappa shape index (κ1) is 11.9. The first-order chi connectivity index (χ1) is 7.06. The summed E-state index contributed by atoms with van der Waals surface area (Å²) >= 11 is 0. The lowest BCUT2D eigenvalue weighted by Crippen LogP contribution is -2.23. The van der Waals surface area contributed by atoms with Gasteiger partial charge in [0.15, 0.2) is 5.78 Å². The van der Waals surface area contributed by atoms with Crippen LogP contribution in [0.25, 0.3) is 0 Å². The molecule has 0 aliphatic rings. The summed E-state index contributed by atoms with van der Waals surface area (Å²) in [4.78, 5) is 11.9. The third kappa shape index (κ3) is 2.90. The third-order valence-electron chi connectivity index (χ3n) is 2.49. The Kier molecular flexibility index (Phi) is 4.04. The van der Waals surface area contributed by atoms with E-state index in [0.29, 0.717) is 6.54 Å². The van der Waals surface area contributed by atoms with Crippen LogP contribution in [-0.2, 0) is 0 Å². The van der Waals surface area contributed by atoms with Crippen molar-refractivity contribution in [1.29, 1.82) is 0 Å². The van der Waals surface area contributed by atoms with Crippen molar-refractivity contribution in [1.82, 2.24) is 5.32 Å². The molecule has 2 nitrogen and oxygen atoms in total. The molecule has 0 fully saturated rings. The largest absolute Gasteiger partial charge is 0.310 e. The van der Waals surface area contributed by atoms with E-state index < -0.39 is 0 Å². The van der Waals surface area contributed by atoms with E-state index in [1.807, 2.05) is 20.8 Å². The van der Waals surface area contributed by atoms with Crippen molar-refractivity contribution in [2.75, 3.05) is 13.1 Å². The van der Waals surface area contributed by atoms with Gasteiger partial charge in [0, 0.05) is 5.56 Å². The molecular weight excluding hydrogens is 186 g/mol. The molecule has 0 radical (unpaired) electrons. The Bertz CT molecular complexity index is 346. The molecule has 0 saturated carbocycles. The van der Waals surface area contributed by atoms with Crippen LogP contribution in [-0.4, -0.2) is 18.9 Å². The van der Waals surface area contributed by atoms with Gasteiger partial charge >= 0.3 is 0 Å². The second kappa shape index (κ2) is 5.08. The molecule has 0 aliphatic heterocycles. The third-order valence-corrected chi connectivity index (χ3v) is 2.49. The molecular formula is C13H19NO. The Labute approximate surface area is 91.7 Å². The van der Waals surface area contributed by atoms with E-state index in [9.17, 15) is 4.79 Å². The van der Waals surface area contributed by atoms with Crippen LogP contribution in [0, 0.1) is 20.8 Å². The molecule has 0 aromatic heterocycles. The van der Waals surface area contributed by atoms with E-state index >= 15 is 0 Å². The highest BCUT2D eigenvalue weighted by Crippen LogP contribution is 2.16. The van der Waals surface area contributed by atoms with Gasteiger partial charge in [-0.05, 0) is 38.4 Å². The Hall–Kier alpha value is -1.15. The lowest BCUT2D eigenvalue weighted by molar-refractivity contribution is 0.0990.